The molecule has 98 valence electrons. The maximum Gasteiger partial charge on any atom is 0.240 e. The predicted octanol–water partition coefficient (Wildman–Crippen LogP) is 1.42. The van der Waals surface area contributed by atoms with Crippen molar-refractivity contribution in [1.82, 2.24) is 5.32 Å². The topological polar surface area (TPSA) is 64.3 Å². The highest BCUT2D eigenvalue weighted by molar-refractivity contribution is 5.88. The molecule has 0 radical (unpaired) electrons. The highest BCUT2D eigenvalue weighted by Gasteiger charge is 2.45. The molecule has 1 amide bonds. The van der Waals surface area contributed by atoms with Gasteiger partial charge in [-0.2, -0.15) is 0 Å². The van der Waals surface area contributed by atoms with E-state index in [0.29, 0.717) is 6.54 Å². The zero-order valence-corrected chi connectivity index (χ0v) is 11.2. The Morgan fingerprint density at radius 3 is 2.67 bits per heavy atom. The lowest BCUT2D eigenvalue weighted by atomic mass is 10.1. The van der Waals surface area contributed by atoms with E-state index in [2.05, 4.69) is 11.4 Å². The van der Waals surface area contributed by atoms with Gasteiger partial charge in [-0.15, -0.1) is 0 Å². The van der Waals surface area contributed by atoms with Gasteiger partial charge < -0.3 is 15.8 Å². The Morgan fingerprint density at radius 1 is 1.44 bits per heavy atom. The van der Waals surface area contributed by atoms with Crippen molar-refractivity contribution in [1.29, 1.82) is 0 Å². The molecule has 0 spiro atoms. The fourth-order valence-corrected chi connectivity index (χ4v) is 2.18. The number of amides is 1. The molecule has 4 nitrogen and oxygen atoms in total. The van der Waals surface area contributed by atoms with Crippen LogP contribution in [-0.4, -0.2) is 18.6 Å². The summed E-state index contributed by atoms with van der Waals surface area (Å²) in [4.78, 5) is 11.8. The molecule has 18 heavy (non-hydrogen) atoms. The predicted molar refractivity (Wildman–Crippen MR) is 70.5 cm³/mol. The molecule has 4 heteroatoms. The van der Waals surface area contributed by atoms with Crippen LogP contribution in [0, 0.1) is 13.8 Å². The van der Waals surface area contributed by atoms with Gasteiger partial charge in [-0.05, 0) is 32.3 Å². The molecule has 0 heterocycles. The number of carbonyl (C=O) groups excluding carboxylic acids is 1. The summed E-state index contributed by atoms with van der Waals surface area (Å²) in [5.74, 6) is 0.770. The zero-order valence-electron chi connectivity index (χ0n) is 11.2. The maximum atomic E-state index is 11.8. The molecule has 1 aromatic carbocycles. The average molecular weight is 248 g/mol. The highest BCUT2D eigenvalue weighted by atomic mass is 16.5. The lowest BCUT2D eigenvalue weighted by molar-refractivity contribution is -0.123. The first-order valence-electron chi connectivity index (χ1n) is 6.17. The van der Waals surface area contributed by atoms with Gasteiger partial charge in [0.25, 0.3) is 0 Å². The third-order valence-electron chi connectivity index (χ3n) is 3.38. The largest absolute Gasteiger partial charge is 0.496 e. The molecule has 0 bridgehead atoms. The minimum atomic E-state index is -0.619. The Morgan fingerprint density at radius 2 is 2.11 bits per heavy atom. The molecule has 1 aliphatic rings. The number of rotatable bonds is 4. The van der Waals surface area contributed by atoms with Crippen LogP contribution >= 0.6 is 0 Å². The molecular formula is C14H20N2O2. The number of nitrogens with two attached hydrogens (primary N) is 1. The second-order valence-electron chi connectivity index (χ2n) is 5.11. The molecule has 0 aliphatic heterocycles. The van der Waals surface area contributed by atoms with E-state index in [1.54, 1.807) is 7.11 Å². The molecule has 0 aromatic heterocycles. The molecule has 1 aliphatic carbocycles. The summed E-state index contributed by atoms with van der Waals surface area (Å²) in [7, 11) is 1.65. The zero-order chi connectivity index (χ0) is 13.3. The van der Waals surface area contributed by atoms with Crippen molar-refractivity contribution in [2.75, 3.05) is 7.11 Å². The van der Waals surface area contributed by atoms with Gasteiger partial charge in [-0.3, -0.25) is 4.79 Å². The minimum Gasteiger partial charge on any atom is -0.496 e. The summed E-state index contributed by atoms with van der Waals surface area (Å²) >= 11 is 0. The SMILES string of the molecule is COc1c(C)cc(C)cc1CNC(=O)C1(N)CC1. The van der Waals surface area contributed by atoms with Crippen molar-refractivity contribution in [3.63, 3.8) is 0 Å². The lowest BCUT2D eigenvalue weighted by Gasteiger charge is -2.15. The summed E-state index contributed by atoms with van der Waals surface area (Å²) < 4.78 is 5.38. The van der Waals surface area contributed by atoms with Gasteiger partial charge in [-0.1, -0.05) is 17.7 Å². The van der Waals surface area contributed by atoms with Crippen molar-refractivity contribution in [3.05, 3.63) is 28.8 Å². The van der Waals surface area contributed by atoms with Crippen LogP contribution in [0.1, 0.15) is 29.5 Å². The first-order valence-corrected chi connectivity index (χ1v) is 6.17. The van der Waals surface area contributed by atoms with Gasteiger partial charge in [0.15, 0.2) is 0 Å². The van der Waals surface area contributed by atoms with E-state index >= 15 is 0 Å². The Bertz CT molecular complexity index is 479. The number of carbonyl (C=O) groups is 1. The Balaban J connectivity index is 2.11. The third-order valence-corrected chi connectivity index (χ3v) is 3.38. The van der Waals surface area contributed by atoms with Gasteiger partial charge in [0.05, 0.1) is 12.6 Å². The fourth-order valence-electron chi connectivity index (χ4n) is 2.18. The van der Waals surface area contributed by atoms with Crippen molar-refractivity contribution in [2.24, 2.45) is 5.73 Å². The van der Waals surface area contributed by atoms with Crippen molar-refractivity contribution >= 4 is 5.91 Å². The number of benzene rings is 1. The molecule has 2 rings (SSSR count). The summed E-state index contributed by atoms with van der Waals surface area (Å²) in [5, 5.41) is 2.89. The van der Waals surface area contributed by atoms with Crippen LogP contribution in [0.3, 0.4) is 0 Å². The van der Waals surface area contributed by atoms with E-state index in [0.717, 1.165) is 35.3 Å². The normalized spacial score (nSPS) is 16.2. The number of ether oxygens (including phenoxy) is 1. The molecular weight excluding hydrogens is 228 g/mol. The van der Waals surface area contributed by atoms with Crippen LogP contribution in [0.25, 0.3) is 0 Å². The molecule has 1 fully saturated rings. The van der Waals surface area contributed by atoms with Crippen molar-refractivity contribution in [3.8, 4) is 5.75 Å². The molecule has 1 saturated carbocycles. The van der Waals surface area contributed by atoms with E-state index in [-0.39, 0.29) is 5.91 Å². The van der Waals surface area contributed by atoms with Crippen LogP contribution < -0.4 is 15.8 Å². The van der Waals surface area contributed by atoms with E-state index in [1.807, 2.05) is 19.9 Å². The molecule has 0 atom stereocenters. The second kappa shape index (κ2) is 4.61. The van der Waals surface area contributed by atoms with Gasteiger partial charge in [0, 0.05) is 12.1 Å². The smallest absolute Gasteiger partial charge is 0.240 e. The number of hydrogen-bond donors (Lipinski definition) is 2. The van der Waals surface area contributed by atoms with E-state index in [9.17, 15) is 4.79 Å². The summed E-state index contributed by atoms with van der Waals surface area (Å²) in [6.07, 6.45) is 1.56. The van der Waals surface area contributed by atoms with Crippen molar-refractivity contribution in [2.45, 2.75) is 38.8 Å². The first-order chi connectivity index (χ1) is 8.46. The van der Waals surface area contributed by atoms with Gasteiger partial charge in [0.1, 0.15) is 5.75 Å². The van der Waals surface area contributed by atoms with Gasteiger partial charge in [0.2, 0.25) is 5.91 Å². The summed E-state index contributed by atoms with van der Waals surface area (Å²) in [5.41, 5.74) is 8.45. The third kappa shape index (κ3) is 2.48. The number of aryl methyl sites for hydroxylation is 2. The van der Waals surface area contributed by atoms with Gasteiger partial charge >= 0.3 is 0 Å². The van der Waals surface area contributed by atoms with Crippen LogP contribution in [0.5, 0.6) is 5.75 Å². The number of hydrogen-bond acceptors (Lipinski definition) is 3. The van der Waals surface area contributed by atoms with Crippen LogP contribution in [-0.2, 0) is 11.3 Å². The molecule has 1 aromatic rings. The van der Waals surface area contributed by atoms with Crippen LogP contribution in [0.15, 0.2) is 12.1 Å². The van der Waals surface area contributed by atoms with E-state index < -0.39 is 5.54 Å². The summed E-state index contributed by atoms with van der Waals surface area (Å²) in [6.45, 7) is 4.50. The standard InChI is InChI=1S/C14H20N2O2/c1-9-6-10(2)12(18-3)11(7-9)8-16-13(17)14(15)4-5-14/h6-7H,4-5,8,15H2,1-3H3,(H,16,17). The number of methoxy groups -OCH3 is 1. The Labute approximate surface area is 108 Å². The lowest BCUT2D eigenvalue weighted by Crippen LogP contribution is -2.42. The maximum absolute atomic E-state index is 11.8. The highest BCUT2D eigenvalue weighted by Crippen LogP contribution is 2.32. The minimum absolute atomic E-state index is 0.0660. The Hall–Kier alpha value is -1.55. The Kier molecular flexibility index (Phi) is 3.30. The quantitative estimate of drug-likeness (QED) is 0.847. The van der Waals surface area contributed by atoms with E-state index in [1.165, 1.54) is 0 Å². The van der Waals surface area contributed by atoms with E-state index in [4.69, 9.17) is 10.5 Å². The molecule has 0 saturated heterocycles. The molecule has 0 unspecified atom stereocenters. The van der Waals surface area contributed by atoms with Crippen molar-refractivity contribution < 1.29 is 9.53 Å². The second-order valence-corrected chi connectivity index (χ2v) is 5.11. The van der Waals surface area contributed by atoms with Crippen LogP contribution in [0.2, 0.25) is 0 Å². The van der Waals surface area contributed by atoms with Gasteiger partial charge in [-0.25, -0.2) is 0 Å². The average Bonchev–Trinajstić information content (AvgIpc) is 3.05. The fraction of sp³-hybridized carbons (Fsp3) is 0.500. The monoisotopic (exact) mass is 248 g/mol. The number of nitrogens with one attached hydrogen (secondary N) is 1. The molecule has 3 N–H and O–H groups in total. The first kappa shape index (κ1) is 12.9. The van der Waals surface area contributed by atoms with Crippen LogP contribution in [0.4, 0.5) is 0 Å². The summed E-state index contributed by atoms with van der Waals surface area (Å²) in [6, 6.07) is 4.09.